The summed E-state index contributed by atoms with van der Waals surface area (Å²) in [5.41, 5.74) is 5.37. The number of halogens is 3. The van der Waals surface area contributed by atoms with Crippen LogP contribution in [0.2, 0.25) is 0 Å². The van der Waals surface area contributed by atoms with E-state index in [4.69, 9.17) is 19.6 Å². The zero-order valence-electron chi connectivity index (χ0n) is 18.5. The van der Waals surface area contributed by atoms with Crippen molar-refractivity contribution in [2.24, 2.45) is 5.73 Å². The normalized spacial score (nSPS) is 15.4. The van der Waals surface area contributed by atoms with Crippen LogP contribution in [0.4, 0.5) is 13.2 Å². The standard InChI is InChI=1S/C27H18F3NO5/c28-27(29,30)17-12-10-16(11-13-17)20-21-23(18-8-4-5-9-19(18)35-26(21)33)36-24(31)22(20)25(32)34-14-15-6-2-1-3-7-15/h1-13,20H,14,31H2. The predicted molar refractivity (Wildman–Crippen MR) is 124 cm³/mol. The molecule has 1 aliphatic heterocycles. The molecular weight excluding hydrogens is 475 g/mol. The number of hydrogen-bond donors (Lipinski definition) is 1. The van der Waals surface area contributed by atoms with E-state index < -0.39 is 29.3 Å². The van der Waals surface area contributed by atoms with Crippen molar-refractivity contribution in [2.75, 3.05) is 0 Å². The fraction of sp³-hybridized carbons (Fsp3) is 0.111. The molecule has 1 atom stereocenters. The molecule has 9 heteroatoms. The molecule has 0 saturated carbocycles. The molecule has 1 aromatic heterocycles. The van der Waals surface area contributed by atoms with Gasteiger partial charge in [0.1, 0.15) is 17.8 Å². The van der Waals surface area contributed by atoms with Crippen molar-refractivity contribution < 1.29 is 31.9 Å². The zero-order valence-corrected chi connectivity index (χ0v) is 18.5. The molecule has 0 spiro atoms. The average Bonchev–Trinajstić information content (AvgIpc) is 2.87. The molecular formula is C27H18F3NO5. The third-order valence-electron chi connectivity index (χ3n) is 5.86. The first-order valence-corrected chi connectivity index (χ1v) is 10.9. The van der Waals surface area contributed by atoms with Crippen LogP contribution in [-0.2, 0) is 22.3 Å². The Morgan fingerprint density at radius 2 is 1.61 bits per heavy atom. The number of carbonyl (C=O) groups excluding carboxylic acids is 1. The molecule has 6 nitrogen and oxygen atoms in total. The van der Waals surface area contributed by atoms with Gasteiger partial charge in [-0.05, 0) is 35.4 Å². The molecule has 2 heterocycles. The first-order chi connectivity index (χ1) is 17.2. The molecule has 0 saturated heterocycles. The second-order valence-electron chi connectivity index (χ2n) is 8.12. The van der Waals surface area contributed by atoms with E-state index in [0.29, 0.717) is 10.9 Å². The van der Waals surface area contributed by atoms with Crippen LogP contribution in [0, 0.1) is 0 Å². The van der Waals surface area contributed by atoms with E-state index in [1.165, 1.54) is 12.1 Å². The van der Waals surface area contributed by atoms with Gasteiger partial charge in [-0.2, -0.15) is 13.2 Å². The minimum atomic E-state index is -4.56. The Kier molecular flexibility index (Phi) is 5.75. The SMILES string of the molecule is NC1=C(C(=O)OCc2ccccc2)C(c2ccc(C(F)(F)F)cc2)c2c(c3ccccc3oc2=O)O1. The summed E-state index contributed by atoms with van der Waals surface area (Å²) in [5, 5.41) is 0.420. The number of esters is 1. The van der Waals surface area contributed by atoms with Crippen LogP contribution in [0.5, 0.6) is 5.75 Å². The summed E-state index contributed by atoms with van der Waals surface area (Å²) in [6.07, 6.45) is -4.56. The second kappa shape index (κ2) is 8.92. The van der Waals surface area contributed by atoms with E-state index in [-0.39, 0.29) is 40.5 Å². The molecule has 4 aromatic rings. The molecule has 0 amide bonds. The maximum atomic E-state index is 13.2. The molecule has 0 radical (unpaired) electrons. The van der Waals surface area contributed by atoms with E-state index in [0.717, 1.165) is 12.1 Å². The summed E-state index contributed by atoms with van der Waals surface area (Å²) in [5.74, 6) is -2.30. The quantitative estimate of drug-likeness (QED) is 0.309. The van der Waals surface area contributed by atoms with Crippen molar-refractivity contribution in [1.29, 1.82) is 0 Å². The molecule has 2 N–H and O–H groups in total. The average molecular weight is 493 g/mol. The van der Waals surface area contributed by atoms with Gasteiger partial charge in [-0.15, -0.1) is 0 Å². The van der Waals surface area contributed by atoms with Crippen LogP contribution in [0.25, 0.3) is 11.0 Å². The number of nitrogens with two attached hydrogens (primary N) is 1. The van der Waals surface area contributed by atoms with E-state index >= 15 is 0 Å². The fourth-order valence-corrected chi connectivity index (χ4v) is 4.16. The molecule has 5 rings (SSSR count). The van der Waals surface area contributed by atoms with Crippen LogP contribution in [0.15, 0.2) is 99.5 Å². The van der Waals surface area contributed by atoms with Gasteiger partial charge in [0.2, 0.25) is 5.88 Å². The summed E-state index contributed by atoms with van der Waals surface area (Å²) >= 11 is 0. The van der Waals surface area contributed by atoms with Crippen molar-refractivity contribution in [2.45, 2.75) is 18.7 Å². The van der Waals surface area contributed by atoms with E-state index in [1.807, 2.05) is 6.07 Å². The van der Waals surface area contributed by atoms with Gasteiger partial charge in [-0.1, -0.05) is 54.6 Å². The third-order valence-corrected chi connectivity index (χ3v) is 5.86. The fourth-order valence-electron chi connectivity index (χ4n) is 4.16. The molecule has 1 aliphatic rings. The molecule has 0 fully saturated rings. The van der Waals surface area contributed by atoms with Gasteiger partial charge in [0.15, 0.2) is 5.75 Å². The Morgan fingerprint density at radius 1 is 0.944 bits per heavy atom. The number of fused-ring (bicyclic) bond motifs is 3. The number of ether oxygens (including phenoxy) is 2. The molecule has 0 aliphatic carbocycles. The maximum absolute atomic E-state index is 13.2. The first-order valence-electron chi connectivity index (χ1n) is 10.9. The van der Waals surface area contributed by atoms with Gasteiger partial charge in [0.25, 0.3) is 0 Å². The highest BCUT2D eigenvalue weighted by Crippen LogP contribution is 2.44. The van der Waals surface area contributed by atoms with Crippen molar-refractivity contribution in [3.63, 3.8) is 0 Å². The highest BCUT2D eigenvalue weighted by atomic mass is 19.4. The first kappa shape index (κ1) is 23.2. The monoisotopic (exact) mass is 493 g/mol. The minimum Gasteiger partial charge on any atom is -0.457 e. The summed E-state index contributed by atoms with van der Waals surface area (Å²) < 4.78 is 56.2. The largest absolute Gasteiger partial charge is 0.457 e. The van der Waals surface area contributed by atoms with E-state index in [9.17, 15) is 22.8 Å². The van der Waals surface area contributed by atoms with Gasteiger partial charge < -0.3 is 19.6 Å². The smallest absolute Gasteiger partial charge is 0.416 e. The number of hydrogen-bond acceptors (Lipinski definition) is 6. The summed E-state index contributed by atoms with van der Waals surface area (Å²) in [4.78, 5) is 26.3. The molecule has 182 valence electrons. The lowest BCUT2D eigenvalue weighted by atomic mass is 9.83. The molecule has 3 aromatic carbocycles. The number of para-hydroxylation sites is 1. The van der Waals surface area contributed by atoms with Crippen LogP contribution in [0.3, 0.4) is 0 Å². The summed E-state index contributed by atoms with van der Waals surface area (Å²) in [6.45, 7) is -0.0879. The van der Waals surface area contributed by atoms with Crippen LogP contribution in [-0.4, -0.2) is 5.97 Å². The van der Waals surface area contributed by atoms with Gasteiger partial charge in [0.05, 0.1) is 22.4 Å². The topological polar surface area (TPSA) is 91.8 Å². The molecule has 0 bridgehead atoms. The lowest BCUT2D eigenvalue weighted by molar-refractivity contribution is -0.141. The zero-order chi connectivity index (χ0) is 25.4. The Morgan fingerprint density at radius 3 is 2.31 bits per heavy atom. The number of benzene rings is 3. The van der Waals surface area contributed by atoms with Gasteiger partial charge in [-0.25, -0.2) is 9.59 Å². The Hall–Kier alpha value is -4.53. The van der Waals surface area contributed by atoms with Crippen molar-refractivity contribution >= 4 is 16.9 Å². The summed E-state index contributed by atoms with van der Waals surface area (Å²) in [6, 6.07) is 19.6. The van der Waals surface area contributed by atoms with Crippen LogP contribution < -0.4 is 16.1 Å². The second-order valence-corrected chi connectivity index (χ2v) is 8.12. The minimum absolute atomic E-state index is 0.0608. The molecule has 1 unspecified atom stereocenters. The lowest BCUT2D eigenvalue weighted by Crippen LogP contribution is -2.31. The Bertz CT molecular complexity index is 1540. The van der Waals surface area contributed by atoms with E-state index in [1.54, 1.807) is 48.5 Å². The van der Waals surface area contributed by atoms with Crippen molar-refractivity contribution in [3.05, 3.63) is 123 Å². The van der Waals surface area contributed by atoms with Crippen molar-refractivity contribution in [3.8, 4) is 5.75 Å². The number of alkyl halides is 3. The highest BCUT2D eigenvalue weighted by Gasteiger charge is 2.40. The lowest BCUT2D eigenvalue weighted by Gasteiger charge is -2.28. The molecule has 36 heavy (non-hydrogen) atoms. The van der Waals surface area contributed by atoms with E-state index in [2.05, 4.69) is 0 Å². The predicted octanol–water partition coefficient (Wildman–Crippen LogP) is 5.25. The highest BCUT2D eigenvalue weighted by molar-refractivity contribution is 5.94. The maximum Gasteiger partial charge on any atom is 0.416 e. The number of carbonyl (C=O) groups is 1. The van der Waals surface area contributed by atoms with Gasteiger partial charge in [-0.3, -0.25) is 0 Å². The van der Waals surface area contributed by atoms with Gasteiger partial charge in [0, 0.05) is 0 Å². The summed E-state index contributed by atoms with van der Waals surface area (Å²) in [7, 11) is 0. The van der Waals surface area contributed by atoms with Crippen LogP contribution in [0.1, 0.15) is 28.2 Å². The third kappa shape index (κ3) is 4.19. The van der Waals surface area contributed by atoms with Crippen LogP contribution >= 0.6 is 0 Å². The van der Waals surface area contributed by atoms with Gasteiger partial charge >= 0.3 is 17.8 Å². The number of rotatable bonds is 4. The Labute approximate surface area is 202 Å². The Balaban J connectivity index is 1.64. The van der Waals surface area contributed by atoms with Crippen molar-refractivity contribution in [1.82, 2.24) is 0 Å².